The van der Waals surface area contributed by atoms with Crippen LogP contribution in [0.25, 0.3) is 11.0 Å². The van der Waals surface area contributed by atoms with Crippen molar-refractivity contribution in [3.63, 3.8) is 0 Å². The number of hydrogen-bond acceptors (Lipinski definition) is 2. The van der Waals surface area contributed by atoms with Crippen molar-refractivity contribution in [1.82, 2.24) is 0 Å². The molecule has 0 fully saturated rings. The quantitative estimate of drug-likeness (QED) is 0.538. The second-order valence-corrected chi connectivity index (χ2v) is 4.87. The van der Waals surface area contributed by atoms with E-state index in [0.29, 0.717) is 5.69 Å². The standard InChI is InChI=1S/C14H17N5O/c15-13(16)19-14(17)18-10-6-3-5-9-8-4-1-2-7-11(8)20-12(9)10/h3,5-6H,1-2,4,7H2,(H6,15,16,17,18,19). The molecular formula is C14H17N5O. The van der Waals surface area contributed by atoms with E-state index in [1.807, 2.05) is 12.1 Å². The molecule has 0 atom stereocenters. The third-order valence-electron chi connectivity index (χ3n) is 3.44. The Bertz CT molecular complexity index is 710. The molecule has 1 aliphatic rings. The highest BCUT2D eigenvalue weighted by Gasteiger charge is 2.19. The fraction of sp³-hybridized carbons (Fsp3) is 0.286. The van der Waals surface area contributed by atoms with Gasteiger partial charge in [0.15, 0.2) is 11.5 Å². The molecule has 0 saturated heterocycles. The predicted octanol–water partition coefficient (Wildman–Crippen LogP) is 1.53. The molecule has 6 heteroatoms. The van der Waals surface area contributed by atoms with Crippen LogP contribution in [0.5, 0.6) is 0 Å². The molecule has 6 nitrogen and oxygen atoms in total. The van der Waals surface area contributed by atoms with E-state index in [1.54, 1.807) is 0 Å². The van der Waals surface area contributed by atoms with Crippen molar-refractivity contribution in [3.05, 3.63) is 29.5 Å². The second-order valence-electron chi connectivity index (χ2n) is 4.87. The summed E-state index contributed by atoms with van der Waals surface area (Å²) in [5.41, 5.74) is 19.0. The lowest BCUT2D eigenvalue weighted by molar-refractivity contribution is 0.506. The summed E-state index contributed by atoms with van der Waals surface area (Å²) in [6, 6.07) is 5.83. The van der Waals surface area contributed by atoms with Crippen LogP contribution in [0.4, 0.5) is 5.69 Å². The Labute approximate surface area is 116 Å². The number of nitrogens with zero attached hydrogens (tertiary/aromatic N) is 2. The summed E-state index contributed by atoms with van der Waals surface area (Å²) in [7, 11) is 0. The molecule has 1 heterocycles. The Hall–Kier alpha value is -2.50. The highest BCUT2D eigenvalue weighted by Crippen LogP contribution is 2.36. The number of fused-ring (bicyclic) bond motifs is 3. The third-order valence-corrected chi connectivity index (χ3v) is 3.44. The van der Waals surface area contributed by atoms with Crippen molar-refractivity contribution in [2.75, 3.05) is 0 Å². The summed E-state index contributed by atoms with van der Waals surface area (Å²) in [6.07, 6.45) is 4.41. The number of aliphatic imine (C=N–C) groups is 2. The number of para-hydroxylation sites is 1. The molecule has 0 saturated carbocycles. The van der Waals surface area contributed by atoms with E-state index >= 15 is 0 Å². The normalized spacial score (nSPS) is 15.1. The summed E-state index contributed by atoms with van der Waals surface area (Å²) in [6.45, 7) is 0. The first-order valence-electron chi connectivity index (χ1n) is 6.62. The van der Waals surface area contributed by atoms with E-state index in [2.05, 4.69) is 16.1 Å². The van der Waals surface area contributed by atoms with E-state index in [4.69, 9.17) is 21.6 Å². The van der Waals surface area contributed by atoms with Crippen LogP contribution < -0.4 is 17.2 Å². The molecule has 0 unspecified atom stereocenters. The Morgan fingerprint density at radius 1 is 1.10 bits per heavy atom. The molecule has 1 aliphatic carbocycles. The molecule has 0 spiro atoms. The summed E-state index contributed by atoms with van der Waals surface area (Å²) in [5, 5.41) is 1.11. The molecule has 20 heavy (non-hydrogen) atoms. The lowest BCUT2D eigenvalue weighted by atomic mass is 9.96. The van der Waals surface area contributed by atoms with Crippen LogP contribution in [0.3, 0.4) is 0 Å². The maximum atomic E-state index is 5.95. The fourth-order valence-corrected chi connectivity index (χ4v) is 2.64. The summed E-state index contributed by atoms with van der Waals surface area (Å²) in [4.78, 5) is 7.94. The van der Waals surface area contributed by atoms with Gasteiger partial charge < -0.3 is 21.6 Å². The van der Waals surface area contributed by atoms with Crippen molar-refractivity contribution >= 4 is 28.6 Å². The molecule has 6 N–H and O–H groups in total. The number of furan rings is 1. The summed E-state index contributed by atoms with van der Waals surface area (Å²) < 4.78 is 5.95. The first-order chi connectivity index (χ1) is 9.65. The molecule has 2 aromatic rings. The minimum absolute atomic E-state index is 0.0203. The highest BCUT2D eigenvalue weighted by molar-refractivity contribution is 5.97. The van der Waals surface area contributed by atoms with Crippen LogP contribution in [0.15, 0.2) is 32.6 Å². The van der Waals surface area contributed by atoms with Gasteiger partial charge in [0.2, 0.25) is 5.96 Å². The van der Waals surface area contributed by atoms with Gasteiger partial charge in [0.25, 0.3) is 0 Å². The Kier molecular flexibility index (Phi) is 3.06. The first-order valence-corrected chi connectivity index (χ1v) is 6.62. The van der Waals surface area contributed by atoms with Gasteiger partial charge in [-0.3, -0.25) is 0 Å². The van der Waals surface area contributed by atoms with Crippen LogP contribution in [0.2, 0.25) is 0 Å². The van der Waals surface area contributed by atoms with Crippen LogP contribution in [0.1, 0.15) is 24.2 Å². The fourth-order valence-electron chi connectivity index (χ4n) is 2.64. The average Bonchev–Trinajstić information content (AvgIpc) is 2.78. The zero-order chi connectivity index (χ0) is 14.1. The number of rotatable bonds is 1. The Morgan fingerprint density at radius 2 is 1.90 bits per heavy atom. The smallest absolute Gasteiger partial charge is 0.223 e. The van der Waals surface area contributed by atoms with Crippen molar-refractivity contribution in [1.29, 1.82) is 0 Å². The number of benzene rings is 1. The summed E-state index contributed by atoms with van der Waals surface area (Å²) in [5.74, 6) is 0.971. The van der Waals surface area contributed by atoms with Crippen LogP contribution >= 0.6 is 0 Å². The number of nitrogens with two attached hydrogens (primary N) is 3. The van der Waals surface area contributed by atoms with E-state index in [1.165, 1.54) is 18.4 Å². The molecule has 1 aromatic carbocycles. The molecule has 0 aliphatic heterocycles. The van der Waals surface area contributed by atoms with E-state index < -0.39 is 0 Å². The van der Waals surface area contributed by atoms with Gasteiger partial charge in [-0.05, 0) is 25.3 Å². The SMILES string of the molecule is NC(N)=NC(N)=Nc1cccc2c3c(oc12)CCCC3. The lowest BCUT2D eigenvalue weighted by Crippen LogP contribution is -2.26. The zero-order valence-corrected chi connectivity index (χ0v) is 11.1. The van der Waals surface area contributed by atoms with Gasteiger partial charge in [0.1, 0.15) is 11.4 Å². The van der Waals surface area contributed by atoms with Crippen molar-refractivity contribution in [3.8, 4) is 0 Å². The predicted molar refractivity (Wildman–Crippen MR) is 79.9 cm³/mol. The van der Waals surface area contributed by atoms with Gasteiger partial charge in [-0.2, -0.15) is 4.99 Å². The average molecular weight is 271 g/mol. The van der Waals surface area contributed by atoms with Gasteiger partial charge in [-0.1, -0.05) is 12.1 Å². The number of guanidine groups is 2. The zero-order valence-electron chi connectivity index (χ0n) is 11.1. The van der Waals surface area contributed by atoms with Gasteiger partial charge >= 0.3 is 0 Å². The van der Waals surface area contributed by atoms with Crippen LogP contribution in [-0.4, -0.2) is 11.9 Å². The van der Waals surface area contributed by atoms with E-state index in [0.717, 1.165) is 29.6 Å². The largest absolute Gasteiger partial charge is 0.458 e. The van der Waals surface area contributed by atoms with Crippen LogP contribution in [-0.2, 0) is 12.8 Å². The van der Waals surface area contributed by atoms with Crippen LogP contribution in [0, 0.1) is 0 Å². The summed E-state index contributed by atoms with van der Waals surface area (Å²) >= 11 is 0. The van der Waals surface area contributed by atoms with E-state index in [9.17, 15) is 0 Å². The second kappa shape index (κ2) is 4.88. The van der Waals surface area contributed by atoms with Crippen molar-refractivity contribution in [2.24, 2.45) is 27.2 Å². The monoisotopic (exact) mass is 271 g/mol. The molecular weight excluding hydrogens is 254 g/mol. The first kappa shape index (κ1) is 12.5. The van der Waals surface area contributed by atoms with Gasteiger partial charge in [0, 0.05) is 17.4 Å². The number of hydrogen-bond donors (Lipinski definition) is 3. The molecule has 0 radical (unpaired) electrons. The van der Waals surface area contributed by atoms with Gasteiger partial charge in [-0.15, -0.1) is 0 Å². The number of aryl methyl sites for hydroxylation is 2. The molecule has 0 bridgehead atoms. The Morgan fingerprint density at radius 3 is 2.70 bits per heavy atom. The van der Waals surface area contributed by atoms with Crippen molar-refractivity contribution < 1.29 is 4.42 Å². The maximum Gasteiger partial charge on any atom is 0.223 e. The molecule has 104 valence electrons. The minimum Gasteiger partial charge on any atom is -0.458 e. The maximum absolute atomic E-state index is 5.95. The lowest BCUT2D eigenvalue weighted by Gasteiger charge is -2.08. The molecule has 1 aromatic heterocycles. The van der Waals surface area contributed by atoms with Crippen molar-refractivity contribution in [2.45, 2.75) is 25.7 Å². The third kappa shape index (κ3) is 2.20. The van der Waals surface area contributed by atoms with Gasteiger partial charge in [-0.25, -0.2) is 4.99 Å². The molecule has 0 amide bonds. The van der Waals surface area contributed by atoms with E-state index in [-0.39, 0.29) is 11.9 Å². The Balaban J connectivity index is 2.13. The molecule has 3 rings (SSSR count). The topological polar surface area (TPSA) is 116 Å². The minimum atomic E-state index is -0.114. The highest BCUT2D eigenvalue weighted by atomic mass is 16.3. The van der Waals surface area contributed by atoms with Gasteiger partial charge in [0.05, 0.1) is 0 Å².